The van der Waals surface area contributed by atoms with Crippen LogP contribution in [-0.4, -0.2) is 47.7 Å². The van der Waals surface area contributed by atoms with E-state index in [9.17, 15) is 0 Å². The van der Waals surface area contributed by atoms with Gasteiger partial charge in [-0.3, -0.25) is 4.90 Å². The molecule has 1 aliphatic rings. The Balaban J connectivity index is 1.77. The number of hydrogen-bond donors (Lipinski definition) is 1. The minimum absolute atomic E-state index is 0.813. The lowest BCUT2D eigenvalue weighted by molar-refractivity contribution is 0.281. The molecule has 4 heteroatoms. The number of aliphatic hydroxyl groups excluding tert-OH is 1. The van der Waals surface area contributed by atoms with Crippen LogP contribution in [0.4, 0.5) is 5.82 Å². The second kappa shape index (κ2) is 5.92. The van der Waals surface area contributed by atoms with E-state index in [0.717, 1.165) is 44.8 Å². The number of rotatable bonds is 3. The predicted octanol–water partition coefficient (Wildman–Crippen LogP) is 2.43. The first-order valence-electron chi connectivity index (χ1n) is 6.99. The van der Waals surface area contributed by atoms with E-state index < -0.39 is 0 Å². The Bertz CT molecular complexity index is 598. The van der Waals surface area contributed by atoms with E-state index >= 15 is 0 Å². The van der Waals surface area contributed by atoms with Gasteiger partial charge in [0.05, 0.1) is 6.26 Å². The van der Waals surface area contributed by atoms with Crippen LogP contribution < -0.4 is 4.90 Å². The maximum absolute atomic E-state index is 8.72. The summed E-state index contributed by atoms with van der Waals surface area (Å²) < 4.78 is 0. The van der Waals surface area contributed by atoms with Crippen molar-refractivity contribution >= 4 is 16.6 Å². The summed E-state index contributed by atoms with van der Waals surface area (Å²) in [6, 6.07) is 10.4. The maximum Gasteiger partial charge on any atom is 0.136 e. The number of piperazine rings is 1. The van der Waals surface area contributed by atoms with Gasteiger partial charge in [-0.15, -0.1) is 0 Å². The molecule has 0 saturated carbocycles. The number of aliphatic hydroxyl groups is 1. The largest absolute Gasteiger partial charge is 0.516 e. The van der Waals surface area contributed by atoms with Gasteiger partial charge in [0.25, 0.3) is 0 Å². The highest BCUT2D eigenvalue weighted by Crippen LogP contribution is 2.24. The number of nitrogens with zero attached hydrogens (tertiary/aromatic N) is 3. The van der Waals surface area contributed by atoms with Crippen LogP contribution in [0.25, 0.3) is 10.8 Å². The lowest BCUT2D eigenvalue weighted by Crippen LogP contribution is -2.46. The molecule has 0 amide bonds. The maximum atomic E-state index is 8.72. The molecule has 1 fully saturated rings. The number of aromatic nitrogens is 1. The molecule has 0 bridgehead atoms. The summed E-state index contributed by atoms with van der Waals surface area (Å²) in [7, 11) is 0. The molecular weight excluding hydrogens is 250 g/mol. The Kier molecular flexibility index (Phi) is 3.83. The zero-order chi connectivity index (χ0) is 13.8. The van der Waals surface area contributed by atoms with Crippen LogP contribution in [0, 0.1) is 0 Å². The lowest BCUT2D eigenvalue weighted by Gasteiger charge is -2.35. The van der Waals surface area contributed by atoms with Crippen molar-refractivity contribution in [2.75, 3.05) is 37.6 Å². The standard InChI is InChI=1S/C16H19N3O/c20-13-3-8-18-9-11-19(12-10-18)16-15-5-2-1-4-14(15)6-7-17-16/h1-7,13,20H,8-12H2. The zero-order valence-electron chi connectivity index (χ0n) is 11.4. The Morgan fingerprint density at radius 1 is 1.10 bits per heavy atom. The first kappa shape index (κ1) is 12.9. The topological polar surface area (TPSA) is 39.6 Å². The fraction of sp³-hybridized carbons (Fsp3) is 0.312. The normalized spacial score (nSPS) is 17.1. The van der Waals surface area contributed by atoms with Gasteiger partial charge in [-0.05, 0) is 17.5 Å². The summed E-state index contributed by atoms with van der Waals surface area (Å²) in [5, 5.41) is 11.2. The van der Waals surface area contributed by atoms with Crippen molar-refractivity contribution in [3.05, 3.63) is 48.9 Å². The fourth-order valence-corrected chi connectivity index (χ4v) is 2.69. The van der Waals surface area contributed by atoms with Crippen molar-refractivity contribution in [1.82, 2.24) is 9.88 Å². The Morgan fingerprint density at radius 2 is 1.90 bits per heavy atom. The summed E-state index contributed by atoms with van der Waals surface area (Å²) >= 11 is 0. The summed E-state index contributed by atoms with van der Waals surface area (Å²) in [5.41, 5.74) is 0. The smallest absolute Gasteiger partial charge is 0.136 e. The Hall–Kier alpha value is -2.07. The molecular formula is C16H19N3O. The van der Waals surface area contributed by atoms with Gasteiger partial charge in [-0.1, -0.05) is 24.3 Å². The van der Waals surface area contributed by atoms with Crippen molar-refractivity contribution in [2.45, 2.75) is 0 Å². The molecule has 104 valence electrons. The second-order valence-electron chi connectivity index (χ2n) is 5.03. The third kappa shape index (κ3) is 2.60. The van der Waals surface area contributed by atoms with Crippen LogP contribution in [0.2, 0.25) is 0 Å². The SMILES string of the molecule is OC=CCN1CCN(c2nccc3ccccc23)CC1. The third-order valence-corrected chi connectivity index (χ3v) is 3.79. The van der Waals surface area contributed by atoms with Crippen molar-refractivity contribution < 1.29 is 5.11 Å². The molecule has 1 aliphatic heterocycles. The predicted molar refractivity (Wildman–Crippen MR) is 82.2 cm³/mol. The third-order valence-electron chi connectivity index (χ3n) is 3.79. The number of anilines is 1. The van der Waals surface area contributed by atoms with Gasteiger partial charge in [0, 0.05) is 44.3 Å². The van der Waals surface area contributed by atoms with Crippen LogP contribution in [0.5, 0.6) is 0 Å². The lowest BCUT2D eigenvalue weighted by atomic mass is 10.1. The van der Waals surface area contributed by atoms with Gasteiger partial charge in [-0.25, -0.2) is 4.98 Å². The fourth-order valence-electron chi connectivity index (χ4n) is 2.69. The Morgan fingerprint density at radius 3 is 2.70 bits per heavy atom. The van der Waals surface area contributed by atoms with Crippen LogP contribution in [0.1, 0.15) is 0 Å². The van der Waals surface area contributed by atoms with E-state index in [4.69, 9.17) is 5.11 Å². The monoisotopic (exact) mass is 269 g/mol. The summed E-state index contributed by atoms with van der Waals surface area (Å²) in [4.78, 5) is 9.25. The molecule has 2 aromatic rings. The average Bonchev–Trinajstić information content (AvgIpc) is 2.53. The highest BCUT2D eigenvalue weighted by atomic mass is 16.2. The molecule has 1 aromatic carbocycles. The van der Waals surface area contributed by atoms with Crippen LogP contribution >= 0.6 is 0 Å². The highest BCUT2D eigenvalue weighted by molar-refractivity contribution is 5.92. The van der Waals surface area contributed by atoms with Crippen molar-refractivity contribution in [3.63, 3.8) is 0 Å². The zero-order valence-corrected chi connectivity index (χ0v) is 11.4. The van der Waals surface area contributed by atoms with Gasteiger partial charge in [0.1, 0.15) is 5.82 Å². The van der Waals surface area contributed by atoms with Crippen LogP contribution in [0.3, 0.4) is 0 Å². The first-order chi connectivity index (χ1) is 9.88. The van der Waals surface area contributed by atoms with E-state index in [-0.39, 0.29) is 0 Å². The molecule has 1 saturated heterocycles. The molecule has 0 radical (unpaired) electrons. The van der Waals surface area contributed by atoms with E-state index in [1.54, 1.807) is 6.08 Å². The minimum Gasteiger partial charge on any atom is -0.516 e. The molecule has 0 spiro atoms. The van der Waals surface area contributed by atoms with Gasteiger partial charge < -0.3 is 10.0 Å². The summed E-state index contributed by atoms with van der Waals surface area (Å²) in [6.07, 6.45) is 4.79. The average molecular weight is 269 g/mol. The minimum atomic E-state index is 0.813. The molecule has 0 aliphatic carbocycles. The van der Waals surface area contributed by atoms with Crippen LogP contribution in [0.15, 0.2) is 48.9 Å². The molecule has 1 aromatic heterocycles. The van der Waals surface area contributed by atoms with Crippen LogP contribution in [-0.2, 0) is 0 Å². The number of benzene rings is 1. The van der Waals surface area contributed by atoms with Gasteiger partial charge in [0.15, 0.2) is 0 Å². The number of pyridine rings is 1. The van der Waals surface area contributed by atoms with Gasteiger partial charge in [-0.2, -0.15) is 0 Å². The first-order valence-corrected chi connectivity index (χ1v) is 6.99. The molecule has 3 rings (SSSR count). The van der Waals surface area contributed by atoms with E-state index in [0.29, 0.717) is 0 Å². The molecule has 2 heterocycles. The van der Waals surface area contributed by atoms with Crippen molar-refractivity contribution in [3.8, 4) is 0 Å². The van der Waals surface area contributed by atoms with Crippen molar-refractivity contribution in [2.24, 2.45) is 0 Å². The Labute approximate surface area is 119 Å². The number of fused-ring (bicyclic) bond motifs is 1. The number of hydrogen-bond acceptors (Lipinski definition) is 4. The van der Waals surface area contributed by atoms with E-state index in [1.165, 1.54) is 10.8 Å². The molecule has 20 heavy (non-hydrogen) atoms. The van der Waals surface area contributed by atoms with E-state index in [1.807, 2.05) is 6.20 Å². The van der Waals surface area contributed by atoms with Gasteiger partial charge >= 0.3 is 0 Å². The highest BCUT2D eigenvalue weighted by Gasteiger charge is 2.18. The second-order valence-corrected chi connectivity index (χ2v) is 5.03. The van der Waals surface area contributed by atoms with Crippen molar-refractivity contribution in [1.29, 1.82) is 0 Å². The van der Waals surface area contributed by atoms with Gasteiger partial charge in [0.2, 0.25) is 0 Å². The summed E-state index contributed by atoms with van der Waals surface area (Å²) in [6.45, 7) is 4.75. The quantitative estimate of drug-likeness (QED) is 0.869. The molecule has 4 nitrogen and oxygen atoms in total. The summed E-state index contributed by atoms with van der Waals surface area (Å²) in [5.74, 6) is 1.08. The molecule has 0 unspecified atom stereocenters. The molecule has 1 N–H and O–H groups in total. The van der Waals surface area contributed by atoms with E-state index in [2.05, 4.69) is 45.1 Å². The molecule has 0 atom stereocenters.